The number of nitro benzene ring substituents is 1. The van der Waals surface area contributed by atoms with E-state index in [1.54, 1.807) is 6.92 Å². The van der Waals surface area contributed by atoms with E-state index in [0.29, 0.717) is 5.56 Å². The number of rotatable bonds is 7. The van der Waals surface area contributed by atoms with Crippen LogP contribution in [0.2, 0.25) is 0 Å². The molecule has 0 heterocycles. The highest BCUT2D eigenvalue weighted by atomic mass is 32.2. The molecule has 0 spiro atoms. The topological polar surface area (TPSA) is 110 Å². The predicted octanol–water partition coefficient (Wildman–Crippen LogP) is 3.55. The zero-order valence-corrected chi connectivity index (χ0v) is 18.8. The molecule has 2 aromatic carbocycles. The summed E-state index contributed by atoms with van der Waals surface area (Å²) in [4.78, 5) is 23.5. The summed E-state index contributed by atoms with van der Waals surface area (Å²) in [6, 6.07) is 8.39. The summed E-state index contributed by atoms with van der Waals surface area (Å²) in [6.45, 7) is 8.85. The number of benzene rings is 2. The highest BCUT2D eigenvalue weighted by Gasteiger charge is 2.32. The monoisotopic (exact) mass is 433 g/mol. The zero-order valence-electron chi connectivity index (χ0n) is 18.0. The average molecular weight is 434 g/mol. The molecule has 2 rings (SSSR count). The number of non-ortho nitro benzene ring substituents is 1. The van der Waals surface area contributed by atoms with Gasteiger partial charge in [0.1, 0.15) is 6.04 Å². The van der Waals surface area contributed by atoms with Crippen molar-refractivity contribution in [1.82, 2.24) is 5.32 Å². The molecule has 2 unspecified atom stereocenters. The third-order valence-electron chi connectivity index (χ3n) is 4.98. The number of nitrogens with zero attached hydrogens (tertiary/aromatic N) is 2. The number of anilines is 1. The van der Waals surface area contributed by atoms with Crippen molar-refractivity contribution in [2.45, 2.75) is 46.7 Å². The second-order valence-electron chi connectivity index (χ2n) is 7.55. The SMILES string of the molecule is Cc1ccc(C(C)NC(=O)C(C)N(c2cc([N+](=O)[O-])ccc2C)S(C)(=O)=O)c(C)c1. The number of carbonyl (C=O) groups is 1. The molecular formula is C21H27N3O5S. The number of nitro groups is 1. The number of sulfonamides is 1. The molecule has 0 radical (unpaired) electrons. The van der Waals surface area contributed by atoms with Crippen LogP contribution in [0, 0.1) is 30.9 Å². The fourth-order valence-corrected chi connectivity index (χ4v) is 4.68. The van der Waals surface area contributed by atoms with Crippen LogP contribution in [-0.4, -0.2) is 31.5 Å². The van der Waals surface area contributed by atoms with Gasteiger partial charge in [-0.1, -0.05) is 29.8 Å². The maximum Gasteiger partial charge on any atom is 0.271 e. The third kappa shape index (κ3) is 5.15. The van der Waals surface area contributed by atoms with Crippen LogP contribution in [0.25, 0.3) is 0 Å². The maximum atomic E-state index is 12.9. The molecule has 9 heteroatoms. The fourth-order valence-electron chi connectivity index (χ4n) is 3.45. The molecule has 2 aromatic rings. The zero-order chi connectivity index (χ0) is 22.8. The summed E-state index contributed by atoms with van der Waals surface area (Å²) in [5, 5.41) is 14.0. The molecule has 1 N–H and O–H groups in total. The highest BCUT2D eigenvalue weighted by molar-refractivity contribution is 7.92. The predicted molar refractivity (Wildman–Crippen MR) is 117 cm³/mol. The Labute approximate surface area is 177 Å². The van der Waals surface area contributed by atoms with Crippen molar-refractivity contribution in [3.8, 4) is 0 Å². The van der Waals surface area contributed by atoms with Crippen molar-refractivity contribution in [2.75, 3.05) is 10.6 Å². The Hall–Kier alpha value is -2.94. The van der Waals surface area contributed by atoms with E-state index in [1.807, 2.05) is 39.0 Å². The number of carbonyl (C=O) groups excluding carboxylic acids is 1. The van der Waals surface area contributed by atoms with Gasteiger partial charge in [0.05, 0.1) is 22.9 Å². The van der Waals surface area contributed by atoms with Crippen molar-refractivity contribution in [3.05, 3.63) is 68.8 Å². The Morgan fingerprint density at radius 2 is 1.70 bits per heavy atom. The minimum Gasteiger partial charge on any atom is -0.348 e. The van der Waals surface area contributed by atoms with Gasteiger partial charge in [0.2, 0.25) is 15.9 Å². The number of hydrogen-bond acceptors (Lipinski definition) is 5. The molecule has 30 heavy (non-hydrogen) atoms. The molecule has 2 atom stereocenters. The molecule has 0 fully saturated rings. The molecule has 1 amide bonds. The number of hydrogen-bond donors (Lipinski definition) is 1. The van der Waals surface area contributed by atoms with Crippen LogP contribution in [-0.2, 0) is 14.8 Å². The minimum atomic E-state index is -3.89. The lowest BCUT2D eigenvalue weighted by atomic mass is 10.00. The summed E-state index contributed by atoms with van der Waals surface area (Å²) >= 11 is 0. The van der Waals surface area contributed by atoms with Crippen molar-refractivity contribution < 1.29 is 18.1 Å². The van der Waals surface area contributed by atoms with Gasteiger partial charge in [-0.25, -0.2) is 8.42 Å². The van der Waals surface area contributed by atoms with Gasteiger partial charge >= 0.3 is 0 Å². The molecule has 0 aliphatic rings. The van der Waals surface area contributed by atoms with Crippen LogP contribution < -0.4 is 9.62 Å². The first kappa shape index (κ1) is 23.3. The highest BCUT2D eigenvalue weighted by Crippen LogP contribution is 2.29. The van der Waals surface area contributed by atoms with Gasteiger partial charge in [-0.15, -0.1) is 0 Å². The second kappa shape index (κ2) is 8.83. The lowest BCUT2D eigenvalue weighted by Gasteiger charge is -2.30. The second-order valence-corrected chi connectivity index (χ2v) is 9.41. The summed E-state index contributed by atoms with van der Waals surface area (Å²) in [5.74, 6) is -0.501. The summed E-state index contributed by atoms with van der Waals surface area (Å²) in [5.41, 5.74) is 3.42. The van der Waals surface area contributed by atoms with Crippen LogP contribution in [0.4, 0.5) is 11.4 Å². The van der Waals surface area contributed by atoms with Crippen LogP contribution >= 0.6 is 0 Å². The van der Waals surface area contributed by atoms with Crippen LogP contribution in [0.1, 0.15) is 42.1 Å². The summed E-state index contributed by atoms with van der Waals surface area (Å²) < 4.78 is 26.0. The average Bonchev–Trinajstić information content (AvgIpc) is 2.61. The van der Waals surface area contributed by atoms with Gasteiger partial charge in [0.15, 0.2) is 0 Å². The van der Waals surface area contributed by atoms with E-state index < -0.39 is 26.9 Å². The van der Waals surface area contributed by atoms with Gasteiger partial charge in [-0.05, 0) is 51.3 Å². The van der Waals surface area contributed by atoms with E-state index in [2.05, 4.69) is 5.32 Å². The van der Waals surface area contributed by atoms with Gasteiger partial charge in [-0.3, -0.25) is 19.2 Å². The van der Waals surface area contributed by atoms with Gasteiger partial charge < -0.3 is 5.32 Å². The van der Waals surface area contributed by atoms with Gasteiger partial charge in [0.25, 0.3) is 5.69 Å². The number of aryl methyl sites for hydroxylation is 3. The van der Waals surface area contributed by atoms with Crippen molar-refractivity contribution >= 4 is 27.3 Å². The first-order chi connectivity index (χ1) is 13.8. The van der Waals surface area contributed by atoms with E-state index in [1.165, 1.54) is 25.1 Å². The molecule has 0 bridgehead atoms. The van der Waals surface area contributed by atoms with Crippen LogP contribution in [0.3, 0.4) is 0 Å². The maximum absolute atomic E-state index is 12.9. The largest absolute Gasteiger partial charge is 0.348 e. The van der Waals surface area contributed by atoms with Crippen molar-refractivity contribution in [3.63, 3.8) is 0 Å². The van der Waals surface area contributed by atoms with E-state index in [0.717, 1.165) is 27.3 Å². The Bertz CT molecular complexity index is 1080. The molecular weight excluding hydrogens is 406 g/mol. The van der Waals surface area contributed by atoms with E-state index in [9.17, 15) is 23.3 Å². The van der Waals surface area contributed by atoms with Crippen molar-refractivity contribution in [2.24, 2.45) is 0 Å². The van der Waals surface area contributed by atoms with Gasteiger partial charge in [0, 0.05) is 12.1 Å². The standard InChI is InChI=1S/C21H27N3O5S/c1-13-7-10-19(15(3)11-13)16(4)22-21(25)17(5)23(30(6,28)29)20-12-18(24(26)27)9-8-14(20)2/h7-12,16-17H,1-6H3,(H,22,25). The lowest BCUT2D eigenvalue weighted by Crippen LogP contribution is -2.48. The molecule has 0 saturated carbocycles. The Morgan fingerprint density at radius 3 is 2.23 bits per heavy atom. The lowest BCUT2D eigenvalue weighted by molar-refractivity contribution is -0.384. The Morgan fingerprint density at radius 1 is 1.07 bits per heavy atom. The molecule has 0 saturated heterocycles. The first-order valence-electron chi connectivity index (χ1n) is 9.45. The smallest absolute Gasteiger partial charge is 0.271 e. The molecule has 0 aromatic heterocycles. The molecule has 0 aliphatic heterocycles. The normalized spacial score (nSPS) is 13.4. The molecule has 162 valence electrons. The first-order valence-corrected chi connectivity index (χ1v) is 11.3. The minimum absolute atomic E-state index is 0.105. The summed E-state index contributed by atoms with van der Waals surface area (Å²) in [6.07, 6.45) is 0.975. The van der Waals surface area contributed by atoms with Crippen molar-refractivity contribution in [1.29, 1.82) is 0 Å². The van der Waals surface area contributed by atoms with E-state index >= 15 is 0 Å². The summed E-state index contributed by atoms with van der Waals surface area (Å²) in [7, 11) is -3.89. The quantitative estimate of drug-likeness (QED) is 0.530. The fraction of sp³-hybridized carbons (Fsp3) is 0.381. The van der Waals surface area contributed by atoms with E-state index in [4.69, 9.17) is 0 Å². The Balaban J connectivity index is 2.38. The van der Waals surface area contributed by atoms with Crippen LogP contribution in [0.5, 0.6) is 0 Å². The number of nitrogens with one attached hydrogen (secondary N) is 1. The van der Waals surface area contributed by atoms with E-state index in [-0.39, 0.29) is 17.4 Å². The van der Waals surface area contributed by atoms with Crippen LogP contribution in [0.15, 0.2) is 36.4 Å². The Kier molecular flexibility index (Phi) is 6.87. The molecule has 0 aliphatic carbocycles. The van der Waals surface area contributed by atoms with Gasteiger partial charge in [-0.2, -0.15) is 0 Å². The molecule has 8 nitrogen and oxygen atoms in total. The third-order valence-corrected chi connectivity index (χ3v) is 6.21. The number of amides is 1.